The van der Waals surface area contributed by atoms with Gasteiger partial charge in [-0.3, -0.25) is 41.0 Å². The molecule has 0 radical (unpaired) electrons. The second-order valence-corrected chi connectivity index (χ2v) is 28.3. The number of carboxylic acids is 1. The molecule has 0 aromatic rings. The van der Waals surface area contributed by atoms with Crippen LogP contribution in [0.2, 0.25) is 0 Å². The normalized spacial score (nSPS) is 17.5. The van der Waals surface area contributed by atoms with Gasteiger partial charge in [-0.2, -0.15) is 0 Å². The predicted molar refractivity (Wildman–Crippen MR) is 205 cm³/mol. The van der Waals surface area contributed by atoms with E-state index in [4.69, 9.17) is 41.3 Å². The summed E-state index contributed by atoms with van der Waals surface area (Å²) < 4.78 is 100. The Morgan fingerprint density at radius 1 is 0.449 bits per heavy atom. The van der Waals surface area contributed by atoms with E-state index >= 15 is 0 Å². The summed E-state index contributed by atoms with van der Waals surface area (Å²) in [5.74, 6) is -0.898. The van der Waals surface area contributed by atoms with Gasteiger partial charge in [0.15, 0.2) is 0 Å². The summed E-state index contributed by atoms with van der Waals surface area (Å²) in [6, 6.07) is 0. The summed E-state index contributed by atoms with van der Waals surface area (Å²) in [6.07, 6.45) is -4.50. The van der Waals surface area contributed by atoms with Gasteiger partial charge in [0.05, 0.1) is 55.3 Å². The Kier molecular flexibility index (Phi) is 24.8. The lowest BCUT2D eigenvalue weighted by molar-refractivity contribution is -0.136. The highest BCUT2D eigenvalue weighted by Crippen LogP contribution is 2.68. The first-order chi connectivity index (χ1) is 22.3. The molecule has 0 bridgehead atoms. The number of carbonyl (C=O) groups is 1. The Morgan fingerprint density at radius 2 is 0.673 bits per heavy atom. The lowest BCUT2D eigenvalue weighted by Crippen LogP contribution is -2.17. The molecule has 22 heteroatoms. The van der Waals surface area contributed by atoms with Crippen LogP contribution in [0.3, 0.4) is 0 Å². The summed E-state index contributed by atoms with van der Waals surface area (Å²) in [5, 5.41) is 9.00. The topological polar surface area (TPSA) is 179 Å². The summed E-state index contributed by atoms with van der Waals surface area (Å²) in [6.45, 7) is 7.19. The van der Waals surface area contributed by atoms with Crippen LogP contribution in [0.5, 0.6) is 0 Å². The van der Waals surface area contributed by atoms with Crippen molar-refractivity contribution in [1.82, 2.24) is 0 Å². The average molecular weight is 859 g/mol. The van der Waals surface area contributed by atoms with E-state index in [1.807, 2.05) is 0 Å². The quantitative estimate of drug-likeness (QED) is 0.0701. The average Bonchev–Trinajstić information content (AvgIpc) is 2.87. The molecule has 14 nitrogen and oxygen atoms in total. The zero-order valence-corrected chi connectivity index (χ0v) is 37.7. The molecule has 0 aliphatic heterocycles. The largest absolute Gasteiger partial charge is 0.481 e. The fraction of sp³-hybridized carbons (Fsp3) is 0.963. The Bertz CT molecular complexity index is 1080. The molecule has 0 fully saturated rings. The minimum Gasteiger partial charge on any atom is -0.481 e. The van der Waals surface area contributed by atoms with Gasteiger partial charge in [-0.1, -0.05) is 0 Å². The number of hydrogen-bond acceptors (Lipinski definition) is 17. The molecule has 1 N–H and O–H groups in total. The smallest absolute Gasteiger partial charge is 0.389 e. The van der Waals surface area contributed by atoms with Crippen molar-refractivity contribution in [3.05, 3.63) is 0 Å². The van der Waals surface area contributed by atoms with Gasteiger partial charge < -0.3 is 5.11 Å². The van der Waals surface area contributed by atoms with E-state index in [0.29, 0.717) is 0 Å². The van der Waals surface area contributed by atoms with Crippen LogP contribution < -0.4 is 0 Å². The third-order valence-corrected chi connectivity index (χ3v) is 21.1. The molecule has 0 aromatic heterocycles. The monoisotopic (exact) mass is 858 g/mol. The highest BCUT2D eigenvalue weighted by atomic mass is 32.7. The summed E-state index contributed by atoms with van der Waals surface area (Å²) in [7, 11) is 0. The Hall–Kier alpha value is 1.47. The fourth-order valence-corrected chi connectivity index (χ4v) is 20.0. The second kappa shape index (κ2) is 24.1. The van der Waals surface area contributed by atoms with Crippen LogP contribution in [-0.2, 0) is 59.2 Å². The van der Waals surface area contributed by atoms with E-state index in [-0.39, 0.29) is 53.8 Å². The highest BCUT2D eigenvalue weighted by molar-refractivity contribution is 8.56. The molecule has 0 amide bonds. The van der Waals surface area contributed by atoms with Crippen molar-refractivity contribution in [2.24, 2.45) is 0 Å². The van der Waals surface area contributed by atoms with E-state index in [1.54, 1.807) is 90.0 Å². The van der Waals surface area contributed by atoms with Crippen LogP contribution in [0, 0.1) is 0 Å². The molecule has 0 saturated carbocycles. The minimum atomic E-state index is -4.03. The van der Waals surface area contributed by atoms with Gasteiger partial charge in [0, 0.05) is 23.0 Å². The maximum atomic E-state index is 14.3. The molecule has 0 aromatic carbocycles. The van der Waals surface area contributed by atoms with Crippen LogP contribution in [0.25, 0.3) is 0 Å². The summed E-state index contributed by atoms with van der Waals surface area (Å²) >= 11 is 3.44. The predicted octanol–water partition coefficient (Wildman–Crippen LogP) is 11.2. The van der Waals surface area contributed by atoms with E-state index in [0.717, 1.165) is 45.5 Å². The molecule has 0 saturated heterocycles. The first-order valence-corrected chi connectivity index (χ1v) is 28.5. The van der Waals surface area contributed by atoms with E-state index in [1.165, 1.54) is 0 Å². The Labute approximate surface area is 309 Å². The lowest BCUT2D eigenvalue weighted by atomic mass is 10.5. The van der Waals surface area contributed by atoms with Crippen molar-refractivity contribution >= 4 is 78.7 Å². The van der Waals surface area contributed by atoms with Crippen LogP contribution >= 0.6 is 72.7 Å². The first kappa shape index (κ1) is 50.5. The third kappa shape index (κ3) is 25.2. The van der Waals surface area contributed by atoms with Gasteiger partial charge in [0.2, 0.25) is 0 Å². The van der Waals surface area contributed by atoms with Crippen molar-refractivity contribution in [1.29, 1.82) is 0 Å². The standard InChI is InChI=1S/C27H58O14P4S4/c1-19(2)34-42(30,35-20(3)4)47-16-25(12)40-45(33,41-26(13)17-48-43(31,36-21(5)6)37-22(7)8)49-18-24(11)39-44(32,38-23(9)10)46-15-14-27(28)29/h19-26H,14-18H2,1-13H3,(H,28,29). The maximum Gasteiger partial charge on any atom is 0.389 e. The summed E-state index contributed by atoms with van der Waals surface area (Å²) in [5.41, 5.74) is 0. The molecule has 294 valence electrons. The van der Waals surface area contributed by atoms with Crippen LogP contribution in [-0.4, -0.2) is 82.9 Å². The Morgan fingerprint density at radius 3 is 0.898 bits per heavy atom. The number of rotatable bonds is 29. The first-order valence-electron chi connectivity index (χ1n) is 16.0. The number of hydrogen-bond donors (Lipinski definition) is 1. The van der Waals surface area contributed by atoms with Gasteiger partial charge in [0.1, 0.15) is 0 Å². The zero-order valence-electron chi connectivity index (χ0n) is 30.8. The summed E-state index contributed by atoms with van der Waals surface area (Å²) in [4.78, 5) is 11.0. The molecule has 0 heterocycles. The maximum absolute atomic E-state index is 14.3. The van der Waals surface area contributed by atoms with Gasteiger partial charge in [0.25, 0.3) is 0 Å². The molecule has 4 atom stereocenters. The zero-order chi connectivity index (χ0) is 38.2. The van der Waals surface area contributed by atoms with E-state index in [9.17, 15) is 23.1 Å². The van der Waals surface area contributed by atoms with Crippen LogP contribution in [0.1, 0.15) is 96.4 Å². The molecular formula is C27H58O14P4S4. The van der Waals surface area contributed by atoms with Gasteiger partial charge in [-0.25, -0.2) is 18.3 Å². The van der Waals surface area contributed by atoms with Gasteiger partial charge >= 0.3 is 33.2 Å². The molecule has 0 rings (SSSR count). The SMILES string of the molecule is CC(C)OP(=O)(OC(C)C)SCC(C)OP(=O)(OC(C)CSP(=O)(OC(C)C)OC(C)C)SCC(C)OP(=O)(OC(C)C)SCCC(=O)O. The van der Waals surface area contributed by atoms with Crippen molar-refractivity contribution in [2.45, 2.75) is 145 Å². The van der Waals surface area contributed by atoms with Crippen molar-refractivity contribution in [2.75, 3.05) is 23.0 Å². The van der Waals surface area contributed by atoms with Crippen LogP contribution in [0.4, 0.5) is 0 Å². The van der Waals surface area contributed by atoms with Crippen LogP contribution in [0.15, 0.2) is 0 Å². The lowest BCUT2D eigenvalue weighted by Gasteiger charge is -2.28. The molecule has 49 heavy (non-hydrogen) atoms. The van der Waals surface area contributed by atoms with Gasteiger partial charge in [-0.05, 0) is 136 Å². The minimum absolute atomic E-state index is 0.00405. The van der Waals surface area contributed by atoms with E-state index in [2.05, 4.69) is 0 Å². The number of aliphatic carboxylic acids is 1. The molecule has 0 aliphatic carbocycles. The second-order valence-electron chi connectivity index (χ2n) is 12.2. The van der Waals surface area contributed by atoms with E-state index < -0.39 is 57.6 Å². The van der Waals surface area contributed by atoms with Gasteiger partial charge in [-0.15, -0.1) is 0 Å². The van der Waals surface area contributed by atoms with Crippen molar-refractivity contribution in [3.8, 4) is 0 Å². The highest BCUT2D eigenvalue weighted by Gasteiger charge is 2.37. The molecular weight excluding hydrogens is 800 g/mol. The van der Waals surface area contributed by atoms with Crippen molar-refractivity contribution in [3.63, 3.8) is 0 Å². The Balaban J connectivity index is 5.99. The molecule has 0 spiro atoms. The number of carboxylic acid groups (broad SMARTS) is 1. The molecule has 0 aliphatic rings. The van der Waals surface area contributed by atoms with Crippen molar-refractivity contribution < 1.29 is 64.4 Å². The third-order valence-electron chi connectivity index (χ3n) is 4.59. The fourth-order valence-electron chi connectivity index (χ4n) is 3.22. The molecule has 4 unspecified atom stereocenters.